The maximum Gasteiger partial charge on any atom is 0.323 e. The van der Waals surface area contributed by atoms with E-state index in [1.807, 2.05) is 0 Å². The molecule has 0 aliphatic carbocycles. The summed E-state index contributed by atoms with van der Waals surface area (Å²) < 4.78 is 0. The molecule has 0 radical (unpaired) electrons. The van der Waals surface area contributed by atoms with Gasteiger partial charge in [0, 0.05) is 6.04 Å². The molecule has 0 aliphatic rings. The Kier molecular flexibility index (Phi) is 5.62. The van der Waals surface area contributed by atoms with Gasteiger partial charge < -0.3 is 15.7 Å². The minimum absolute atomic E-state index is 0.176. The monoisotopic (exact) mass is 214 g/mol. The second kappa shape index (κ2) is 6.19. The number of hydrogen-bond donors (Lipinski definition) is 2. The van der Waals surface area contributed by atoms with Crippen molar-refractivity contribution in [2.75, 3.05) is 6.54 Å². The number of aliphatic carboxylic acids is 1. The van der Waals surface area contributed by atoms with E-state index in [1.54, 1.807) is 19.9 Å². The molecule has 0 aromatic rings. The topological polar surface area (TPSA) is 83.6 Å². The van der Waals surface area contributed by atoms with Gasteiger partial charge in [0.1, 0.15) is 6.54 Å². The number of hydrogen-bond acceptors (Lipinski definition) is 3. The average molecular weight is 214 g/mol. The van der Waals surface area contributed by atoms with Crippen molar-refractivity contribution >= 4 is 11.9 Å². The summed E-state index contributed by atoms with van der Waals surface area (Å²) in [7, 11) is 0. The van der Waals surface area contributed by atoms with Crippen molar-refractivity contribution in [3.8, 4) is 0 Å². The number of rotatable bonds is 6. The van der Waals surface area contributed by atoms with Gasteiger partial charge in [-0.1, -0.05) is 6.08 Å². The van der Waals surface area contributed by atoms with Crippen molar-refractivity contribution in [3.05, 3.63) is 12.7 Å². The van der Waals surface area contributed by atoms with E-state index in [0.717, 1.165) is 0 Å². The summed E-state index contributed by atoms with van der Waals surface area (Å²) in [6.45, 7) is 6.67. The molecule has 0 aromatic carbocycles. The molecule has 0 aliphatic heterocycles. The summed E-state index contributed by atoms with van der Waals surface area (Å²) in [5, 5.41) is 8.64. The van der Waals surface area contributed by atoms with Crippen LogP contribution in [0.3, 0.4) is 0 Å². The first-order valence-electron chi connectivity index (χ1n) is 4.78. The molecule has 1 unspecified atom stereocenters. The summed E-state index contributed by atoms with van der Waals surface area (Å²) in [6, 6.07) is -0.881. The Labute approximate surface area is 89.6 Å². The Morgan fingerprint density at radius 2 is 2.07 bits per heavy atom. The third-order valence-corrected chi connectivity index (χ3v) is 1.95. The molecule has 0 saturated heterocycles. The Balaban J connectivity index is 4.54. The second-order valence-electron chi connectivity index (χ2n) is 3.58. The highest BCUT2D eigenvalue weighted by atomic mass is 16.4. The average Bonchev–Trinajstić information content (AvgIpc) is 2.12. The normalized spacial score (nSPS) is 12.3. The SMILES string of the molecule is C=CCC(N)C(=O)N(CC(=O)O)C(C)C. The molecule has 15 heavy (non-hydrogen) atoms. The number of amides is 1. The third-order valence-electron chi connectivity index (χ3n) is 1.95. The molecule has 5 nitrogen and oxygen atoms in total. The molecule has 5 heteroatoms. The third kappa shape index (κ3) is 4.60. The first kappa shape index (κ1) is 13.6. The zero-order valence-corrected chi connectivity index (χ0v) is 9.14. The summed E-state index contributed by atoms with van der Waals surface area (Å²) in [4.78, 5) is 23.5. The highest BCUT2D eigenvalue weighted by Crippen LogP contribution is 2.03. The van der Waals surface area contributed by atoms with Crippen molar-refractivity contribution in [1.29, 1.82) is 0 Å². The van der Waals surface area contributed by atoms with E-state index in [2.05, 4.69) is 6.58 Å². The smallest absolute Gasteiger partial charge is 0.323 e. The van der Waals surface area contributed by atoms with Crippen LogP contribution in [-0.2, 0) is 9.59 Å². The van der Waals surface area contributed by atoms with E-state index < -0.39 is 12.0 Å². The lowest BCUT2D eigenvalue weighted by Gasteiger charge is -2.27. The zero-order valence-electron chi connectivity index (χ0n) is 9.14. The molecule has 0 bridgehead atoms. The van der Waals surface area contributed by atoms with Crippen LogP contribution < -0.4 is 5.73 Å². The first-order chi connectivity index (χ1) is 6.90. The van der Waals surface area contributed by atoms with Gasteiger partial charge in [0.15, 0.2) is 0 Å². The van der Waals surface area contributed by atoms with Gasteiger partial charge in [0.05, 0.1) is 6.04 Å². The van der Waals surface area contributed by atoms with Crippen LogP contribution in [0.15, 0.2) is 12.7 Å². The van der Waals surface area contributed by atoms with Crippen LogP contribution in [-0.4, -0.2) is 40.5 Å². The van der Waals surface area contributed by atoms with Gasteiger partial charge >= 0.3 is 5.97 Å². The van der Waals surface area contributed by atoms with Crippen LogP contribution in [0.1, 0.15) is 20.3 Å². The lowest BCUT2D eigenvalue weighted by molar-refractivity contribution is -0.146. The lowest BCUT2D eigenvalue weighted by atomic mass is 10.1. The number of carbonyl (C=O) groups excluding carboxylic acids is 1. The second-order valence-corrected chi connectivity index (χ2v) is 3.58. The predicted molar refractivity (Wildman–Crippen MR) is 57.3 cm³/mol. The molecule has 3 N–H and O–H groups in total. The number of carboxylic acids is 1. The van der Waals surface area contributed by atoms with Crippen molar-refractivity contribution < 1.29 is 14.7 Å². The molecule has 0 saturated carbocycles. The predicted octanol–water partition coefficient (Wildman–Crippen LogP) is 0.211. The largest absolute Gasteiger partial charge is 0.480 e. The standard InChI is InChI=1S/C10H18N2O3/c1-4-5-8(11)10(15)12(7(2)3)6-9(13)14/h4,7-8H,1,5-6,11H2,2-3H3,(H,13,14). The van der Waals surface area contributed by atoms with E-state index in [9.17, 15) is 9.59 Å². The molecule has 0 fully saturated rings. The fourth-order valence-electron chi connectivity index (χ4n) is 1.15. The number of nitrogens with two attached hydrogens (primary N) is 1. The Morgan fingerprint density at radius 3 is 2.40 bits per heavy atom. The van der Waals surface area contributed by atoms with Gasteiger partial charge in [0.2, 0.25) is 5.91 Å². The molecular weight excluding hydrogens is 196 g/mol. The van der Waals surface area contributed by atoms with Crippen LogP contribution in [0.5, 0.6) is 0 Å². The van der Waals surface area contributed by atoms with Crippen LogP contribution >= 0.6 is 0 Å². The summed E-state index contributed by atoms with van der Waals surface area (Å²) in [5.74, 6) is -1.39. The Morgan fingerprint density at radius 1 is 1.53 bits per heavy atom. The van der Waals surface area contributed by atoms with Gasteiger partial charge in [0.25, 0.3) is 0 Å². The minimum atomic E-state index is -1.04. The van der Waals surface area contributed by atoms with E-state index in [1.165, 1.54) is 4.90 Å². The van der Waals surface area contributed by atoms with Crippen LogP contribution in [0, 0.1) is 0 Å². The number of carbonyl (C=O) groups is 2. The maximum atomic E-state index is 11.7. The van der Waals surface area contributed by atoms with Gasteiger partial charge in [-0.05, 0) is 20.3 Å². The Bertz CT molecular complexity index is 251. The highest BCUT2D eigenvalue weighted by molar-refractivity contribution is 5.85. The van der Waals surface area contributed by atoms with Crippen LogP contribution in [0.2, 0.25) is 0 Å². The lowest BCUT2D eigenvalue weighted by Crippen LogP contribution is -2.48. The van der Waals surface area contributed by atoms with Gasteiger partial charge in [-0.25, -0.2) is 0 Å². The quantitative estimate of drug-likeness (QED) is 0.619. The molecule has 1 atom stereocenters. The molecule has 0 rings (SSSR count). The van der Waals surface area contributed by atoms with E-state index >= 15 is 0 Å². The molecule has 1 amide bonds. The molecular formula is C10H18N2O3. The first-order valence-corrected chi connectivity index (χ1v) is 4.78. The van der Waals surface area contributed by atoms with Crippen LogP contribution in [0.25, 0.3) is 0 Å². The van der Waals surface area contributed by atoms with Crippen molar-refractivity contribution in [1.82, 2.24) is 4.90 Å². The fraction of sp³-hybridized carbons (Fsp3) is 0.600. The van der Waals surface area contributed by atoms with Gasteiger partial charge in [-0.2, -0.15) is 0 Å². The molecule has 0 heterocycles. The van der Waals surface area contributed by atoms with Crippen molar-refractivity contribution in [2.24, 2.45) is 5.73 Å². The zero-order chi connectivity index (χ0) is 12.0. The van der Waals surface area contributed by atoms with E-state index in [4.69, 9.17) is 10.8 Å². The van der Waals surface area contributed by atoms with Gasteiger partial charge in [-0.15, -0.1) is 6.58 Å². The maximum absolute atomic E-state index is 11.7. The van der Waals surface area contributed by atoms with Gasteiger partial charge in [-0.3, -0.25) is 9.59 Å². The summed E-state index contributed by atoms with van der Waals surface area (Å²) >= 11 is 0. The van der Waals surface area contributed by atoms with Crippen LogP contribution in [0.4, 0.5) is 0 Å². The minimum Gasteiger partial charge on any atom is -0.480 e. The molecule has 86 valence electrons. The summed E-state index contributed by atoms with van der Waals surface area (Å²) in [5.41, 5.74) is 5.59. The van der Waals surface area contributed by atoms with E-state index in [-0.39, 0.29) is 18.5 Å². The van der Waals surface area contributed by atoms with E-state index in [0.29, 0.717) is 6.42 Å². The highest BCUT2D eigenvalue weighted by Gasteiger charge is 2.24. The number of carboxylic acid groups (broad SMARTS) is 1. The molecule has 0 spiro atoms. The van der Waals surface area contributed by atoms with Crippen molar-refractivity contribution in [2.45, 2.75) is 32.4 Å². The van der Waals surface area contributed by atoms with Crippen molar-refractivity contribution in [3.63, 3.8) is 0 Å². The fourth-order valence-corrected chi connectivity index (χ4v) is 1.15. The molecule has 0 aromatic heterocycles. The summed E-state index contributed by atoms with van der Waals surface area (Å²) in [6.07, 6.45) is 1.89. The Hall–Kier alpha value is -1.36. The number of nitrogens with zero attached hydrogens (tertiary/aromatic N) is 1.